The van der Waals surface area contributed by atoms with E-state index in [9.17, 15) is 0 Å². The van der Waals surface area contributed by atoms with Gasteiger partial charge in [0.15, 0.2) is 0 Å². The first kappa shape index (κ1) is 14.1. The normalized spacial score (nSPS) is 11.2. The van der Waals surface area contributed by atoms with Crippen LogP contribution < -0.4 is 15.2 Å². The summed E-state index contributed by atoms with van der Waals surface area (Å²) in [6.45, 7) is 0. The zero-order valence-corrected chi connectivity index (χ0v) is 12.6. The Kier molecular flexibility index (Phi) is 3.74. The molecule has 2 N–H and O–H groups in total. The van der Waals surface area contributed by atoms with Crippen LogP contribution in [0.2, 0.25) is 0 Å². The molecular weight excluding hydrogens is 276 g/mol. The van der Waals surface area contributed by atoms with Gasteiger partial charge in [-0.3, -0.25) is 0 Å². The smallest absolute Gasteiger partial charge is 0.123 e. The van der Waals surface area contributed by atoms with E-state index in [1.807, 2.05) is 60.9 Å². The second-order valence-electron chi connectivity index (χ2n) is 5.00. The van der Waals surface area contributed by atoms with Gasteiger partial charge in [-0.2, -0.15) is 0 Å². The number of rotatable bonds is 4. The second-order valence-corrected chi connectivity index (χ2v) is 5.00. The van der Waals surface area contributed by atoms with Crippen molar-refractivity contribution in [1.82, 2.24) is 4.57 Å². The summed E-state index contributed by atoms with van der Waals surface area (Å²) >= 11 is 0. The van der Waals surface area contributed by atoms with Gasteiger partial charge in [-0.1, -0.05) is 0 Å². The third kappa shape index (κ3) is 2.76. The Balaban J connectivity index is 1.95. The minimum Gasteiger partial charge on any atom is -0.497 e. The Morgan fingerprint density at radius 2 is 1.68 bits per heavy atom. The van der Waals surface area contributed by atoms with Crippen molar-refractivity contribution >= 4 is 28.9 Å². The number of nitrogens with zero attached hydrogens (tertiary/aromatic N) is 1. The van der Waals surface area contributed by atoms with E-state index in [2.05, 4.69) is 4.57 Å². The van der Waals surface area contributed by atoms with Crippen LogP contribution in [0, 0.1) is 0 Å². The van der Waals surface area contributed by atoms with E-state index in [-0.39, 0.29) is 0 Å². The number of hydrogen-bond acceptors (Lipinski definition) is 3. The predicted octanol–water partition coefficient (Wildman–Crippen LogP) is 3.87. The third-order valence-corrected chi connectivity index (χ3v) is 3.55. The summed E-state index contributed by atoms with van der Waals surface area (Å²) < 4.78 is 12.6. The van der Waals surface area contributed by atoms with E-state index in [1.54, 1.807) is 14.2 Å². The highest BCUT2D eigenvalue weighted by Crippen LogP contribution is 2.24. The van der Waals surface area contributed by atoms with E-state index < -0.39 is 0 Å². The van der Waals surface area contributed by atoms with Gasteiger partial charge >= 0.3 is 0 Å². The zero-order valence-electron chi connectivity index (χ0n) is 12.6. The lowest BCUT2D eigenvalue weighted by Crippen LogP contribution is -1.89. The molecular formula is C18H18N2O2. The van der Waals surface area contributed by atoms with Crippen LogP contribution in [0.25, 0.3) is 23.2 Å². The first-order chi connectivity index (χ1) is 10.7. The first-order valence-electron chi connectivity index (χ1n) is 6.97. The molecule has 2 aromatic carbocycles. The number of methoxy groups -OCH3 is 2. The summed E-state index contributed by atoms with van der Waals surface area (Å²) in [5, 5.41) is 1.12. The van der Waals surface area contributed by atoms with Crippen LogP contribution in [-0.4, -0.2) is 18.8 Å². The summed E-state index contributed by atoms with van der Waals surface area (Å²) in [5.74, 6) is 1.54. The highest BCUT2D eigenvalue weighted by molar-refractivity contribution is 5.86. The fourth-order valence-corrected chi connectivity index (χ4v) is 2.40. The van der Waals surface area contributed by atoms with Crippen molar-refractivity contribution in [3.63, 3.8) is 0 Å². The van der Waals surface area contributed by atoms with E-state index in [0.717, 1.165) is 33.7 Å². The molecule has 0 atom stereocenters. The summed E-state index contributed by atoms with van der Waals surface area (Å²) in [6.07, 6.45) is 6.03. The maximum absolute atomic E-state index is 5.81. The number of nitrogen functional groups attached to an aromatic ring is 1. The molecule has 0 aliphatic rings. The lowest BCUT2D eigenvalue weighted by Gasteiger charge is -2.06. The monoisotopic (exact) mass is 294 g/mol. The summed E-state index contributed by atoms with van der Waals surface area (Å²) in [5.41, 5.74) is 8.70. The van der Waals surface area contributed by atoms with Gasteiger partial charge in [-0.15, -0.1) is 0 Å². The first-order valence-corrected chi connectivity index (χ1v) is 6.97. The Morgan fingerprint density at radius 1 is 0.955 bits per heavy atom. The van der Waals surface area contributed by atoms with Gasteiger partial charge < -0.3 is 19.8 Å². The van der Waals surface area contributed by atoms with Crippen molar-refractivity contribution < 1.29 is 9.47 Å². The molecule has 22 heavy (non-hydrogen) atoms. The largest absolute Gasteiger partial charge is 0.497 e. The van der Waals surface area contributed by atoms with Gasteiger partial charge in [-0.25, -0.2) is 0 Å². The molecule has 112 valence electrons. The molecule has 0 saturated carbocycles. The molecule has 4 nitrogen and oxygen atoms in total. The number of nitrogens with two attached hydrogens (primary N) is 1. The molecule has 3 aromatic rings. The number of hydrogen-bond donors (Lipinski definition) is 1. The summed E-state index contributed by atoms with van der Waals surface area (Å²) in [6, 6.07) is 13.7. The van der Waals surface area contributed by atoms with Gasteiger partial charge in [0.1, 0.15) is 11.5 Å². The fraction of sp³-hybridized carbons (Fsp3) is 0.111. The van der Waals surface area contributed by atoms with Crippen LogP contribution in [-0.2, 0) is 0 Å². The van der Waals surface area contributed by atoms with Crippen molar-refractivity contribution in [3.8, 4) is 11.5 Å². The van der Waals surface area contributed by atoms with Crippen molar-refractivity contribution in [1.29, 1.82) is 0 Å². The Hall–Kier alpha value is -2.88. The van der Waals surface area contributed by atoms with E-state index >= 15 is 0 Å². The highest BCUT2D eigenvalue weighted by atomic mass is 16.5. The molecule has 1 aromatic heterocycles. The van der Waals surface area contributed by atoms with Crippen LogP contribution in [0.1, 0.15) is 5.56 Å². The number of aromatic nitrogens is 1. The Morgan fingerprint density at radius 3 is 2.36 bits per heavy atom. The number of benzene rings is 2. The molecule has 1 heterocycles. The average molecular weight is 294 g/mol. The quantitative estimate of drug-likeness (QED) is 0.743. The molecule has 0 aliphatic carbocycles. The topological polar surface area (TPSA) is 49.4 Å². The van der Waals surface area contributed by atoms with Crippen LogP contribution in [0.15, 0.2) is 48.7 Å². The van der Waals surface area contributed by atoms with Crippen molar-refractivity contribution in [2.75, 3.05) is 20.0 Å². The van der Waals surface area contributed by atoms with Crippen LogP contribution in [0.5, 0.6) is 11.5 Å². The predicted molar refractivity (Wildman–Crippen MR) is 91.1 cm³/mol. The molecule has 0 amide bonds. The third-order valence-electron chi connectivity index (χ3n) is 3.55. The maximum atomic E-state index is 5.81. The molecule has 0 unspecified atom stereocenters. The van der Waals surface area contributed by atoms with E-state index in [4.69, 9.17) is 15.2 Å². The Labute approximate surface area is 129 Å². The van der Waals surface area contributed by atoms with Gasteiger partial charge in [0.25, 0.3) is 0 Å². The highest BCUT2D eigenvalue weighted by Gasteiger charge is 2.01. The fourth-order valence-electron chi connectivity index (χ4n) is 2.40. The molecule has 3 rings (SSSR count). The number of fused-ring (bicyclic) bond motifs is 1. The average Bonchev–Trinajstić information content (AvgIpc) is 2.94. The minimum absolute atomic E-state index is 0.768. The van der Waals surface area contributed by atoms with Crippen molar-refractivity contribution in [3.05, 3.63) is 54.2 Å². The van der Waals surface area contributed by atoms with Crippen molar-refractivity contribution in [2.24, 2.45) is 0 Å². The molecule has 0 spiro atoms. The van der Waals surface area contributed by atoms with Crippen LogP contribution in [0.3, 0.4) is 0 Å². The summed E-state index contributed by atoms with van der Waals surface area (Å²) in [4.78, 5) is 0. The number of anilines is 1. The molecule has 0 fully saturated rings. The second kappa shape index (κ2) is 5.85. The zero-order chi connectivity index (χ0) is 15.5. The molecule has 0 radical (unpaired) electrons. The van der Waals surface area contributed by atoms with Gasteiger partial charge in [0.2, 0.25) is 0 Å². The lowest BCUT2D eigenvalue weighted by atomic mass is 10.2. The number of ether oxygens (including phenoxy) is 2. The van der Waals surface area contributed by atoms with E-state index in [1.165, 1.54) is 0 Å². The SMILES string of the molecule is COc1cc(/C=C/n2ccc3cc(N)ccc32)cc(OC)c1. The minimum atomic E-state index is 0.768. The Bertz CT molecular complexity index is 812. The standard InChI is InChI=1S/C18H18N2O2/c1-21-16-9-13(10-17(12-16)22-2)5-7-20-8-6-14-11-15(19)3-4-18(14)20/h3-12H,19H2,1-2H3/b7-5+. The van der Waals surface area contributed by atoms with E-state index in [0.29, 0.717) is 0 Å². The summed E-state index contributed by atoms with van der Waals surface area (Å²) in [7, 11) is 3.29. The molecule has 0 aliphatic heterocycles. The van der Waals surface area contributed by atoms with Gasteiger partial charge in [0.05, 0.1) is 19.7 Å². The van der Waals surface area contributed by atoms with Gasteiger partial charge in [-0.05, 0) is 48.0 Å². The van der Waals surface area contributed by atoms with Crippen LogP contribution in [0.4, 0.5) is 5.69 Å². The van der Waals surface area contributed by atoms with Crippen LogP contribution >= 0.6 is 0 Å². The lowest BCUT2D eigenvalue weighted by molar-refractivity contribution is 0.394. The van der Waals surface area contributed by atoms with Crippen molar-refractivity contribution in [2.45, 2.75) is 0 Å². The molecule has 0 bridgehead atoms. The van der Waals surface area contributed by atoms with Gasteiger partial charge in [0, 0.05) is 29.5 Å². The molecule has 0 saturated heterocycles. The maximum Gasteiger partial charge on any atom is 0.123 e. The molecule has 4 heteroatoms.